The minimum Gasteiger partial charge on any atom is -0.756 e. The molecule has 0 aliphatic carbocycles. The normalized spacial score (nSPS) is 14.9. The third-order valence-corrected chi connectivity index (χ3v) is 11.6. The monoisotopic (exact) mass is 887 g/mol. The van der Waals surface area contributed by atoms with Gasteiger partial charge in [0.25, 0.3) is 7.82 Å². The van der Waals surface area contributed by atoms with Crippen molar-refractivity contribution in [1.82, 2.24) is 5.32 Å². The molecule has 62 heavy (non-hydrogen) atoms. The minimum atomic E-state index is -4.61. The van der Waals surface area contributed by atoms with Crippen LogP contribution in [0.25, 0.3) is 0 Å². The lowest BCUT2D eigenvalue weighted by Crippen LogP contribution is -2.45. The van der Waals surface area contributed by atoms with Crippen LogP contribution in [0.2, 0.25) is 0 Å². The van der Waals surface area contributed by atoms with Crippen LogP contribution in [-0.4, -0.2) is 68.5 Å². The molecule has 0 aliphatic heterocycles. The van der Waals surface area contributed by atoms with Gasteiger partial charge in [-0.2, -0.15) is 0 Å². The summed E-state index contributed by atoms with van der Waals surface area (Å²) in [5, 5.41) is 13.8. The fourth-order valence-corrected chi connectivity index (χ4v) is 7.41. The molecule has 0 aromatic heterocycles. The number of nitrogens with zero attached hydrogens (tertiary/aromatic N) is 1. The van der Waals surface area contributed by atoms with Gasteiger partial charge in [-0.1, -0.05) is 202 Å². The average Bonchev–Trinajstić information content (AvgIpc) is 3.23. The number of aliphatic hydroxyl groups is 1. The fraction of sp³-hybridized carbons (Fsp3) is 0.717. The topological polar surface area (TPSA) is 108 Å². The number of hydrogen-bond acceptors (Lipinski definition) is 6. The molecule has 0 heterocycles. The third kappa shape index (κ3) is 45.7. The number of quaternary nitrogens is 1. The van der Waals surface area contributed by atoms with Crippen molar-refractivity contribution in [3.63, 3.8) is 0 Å². The van der Waals surface area contributed by atoms with E-state index in [1.54, 1.807) is 6.08 Å². The number of rotatable bonds is 44. The summed E-state index contributed by atoms with van der Waals surface area (Å²) >= 11 is 0. The van der Waals surface area contributed by atoms with Crippen molar-refractivity contribution in [2.24, 2.45) is 0 Å². The Morgan fingerprint density at radius 3 is 1.44 bits per heavy atom. The second-order valence-electron chi connectivity index (χ2n) is 17.8. The highest BCUT2D eigenvalue weighted by molar-refractivity contribution is 7.45. The lowest BCUT2D eigenvalue weighted by Gasteiger charge is -2.29. The number of nitrogens with one attached hydrogen (secondary N) is 1. The summed E-state index contributed by atoms with van der Waals surface area (Å²) in [6.45, 7) is 4.49. The average molecular weight is 887 g/mol. The van der Waals surface area contributed by atoms with Gasteiger partial charge >= 0.3 is 0 Å². The Kier molecular flexibility index (Phi) is 42.3. The second-order valence-corrected chi connectivity index (χ2v) is 19.2. The van der Waals surface area contributed by atoms with Crippen molar-refractivity contribution < 1.29 is 32.9 Å². The molecule has 0 rings (SSSR count). The largest absolute Gasteiger partial charge is 0.756 e. The Morgan fingerprint density at radius 2 is 0.984 bits per heavy atom. The van der Waals surface area contributed by atoms with Crippen molar-refractivity contribution in [1.29, 1.82) is 0 Å². The molecule has 1 amide bonds. The Hall–Kier alpha value is -2.32. The number of carbonyl (C=O) groups is 1. The van der Waals surface area contributed by atoms with Gasteiger partial charge in [-0.05, 0) is 70.6 Å². The lowest BCUT2D eigenvalue weighted by molar-refractivity contribution is -0.870. The van der Waals surface area contributed by atoms with E-state index < -0.39 is 26.6 Å². The maximum Gasteiger partial charge on any atom is 0.268 e. The summed E-state index contributed by atoms with van der Waals surface area (Å²) in [5.41, 5.74) is 0. The summed E-state index contributed by atoms with van der Waals surface area (Å²) in [7, 11) is 1.22. The summed E-state index contributed by atoms with van der Waals surface area (Å²) in [4.78, 5) is 25.4. The predicted octanol–water partition coefficient (Wildman–Crippen LogP) is 13.9. The van der Waals surface area contributed by atoms with Crippen LogP contribution in [0.15, 0.2) is 85.1 Å². The zero-order valence-corrected chi connectivity index (χ0v) is 41.4. The smallest absolute Gasteiger partial charge is 0.268 e. The van der Waals surface area contributed by atoms with Gasteiger partial charge in [0, 0.05) is 6.42 Å². The van der Waals surface area contributed by atoms with Crippen LogP contribution in [0.3, 0.4) is 0 Å². The maximum absolute atomic E-state index is 12.9. The van der Waals surface area contributed by atoms with Gasteiger partial charge in [0.05, 0.1) is 39.9 Å². The molecule has 3 atom stereocenters. The van der Waals surface area contributed by atoms with Gasteiger partial charge < -0.3 is 28.8 Å². The zero-order chi connectivity index (χ0) is 45.7. The Balaban J connectivity index is 4.46. The first kappa shape index (κ1) is 59.7. The number of amides is 1. The lowest BCUT2D eigenvalue weighted by atomic mass is 10.0. The summed E-state index contributed by atoms with van der Waals surface area (Å²) in [6.07, 6.45) is 60.7. The van der Waals surface area contributed by atoms with E-state index in [4.69, 9.17) is 9.05 Å². The molecule has 0 spiro atoms. The SMILES string of the molecule is CC/C=C\C/C=C\C/C=C\C/C=C\C/C=C\C/C=C\CCCCC(=O)NC(COP(=O)([O-])OCC[N+](C)(C)C)C(O)/C=C/CCCCCCCCCCCCCCCCCCC. The van der Waals surface area contributed by atoms with E-state index in [0.29, 0.717) is 17.4 Å². The molecule has 2 N–H and O–H groups in total. The molecule has 0 saturated carbocycles. The first-order chi connectivity index (χ1) is 30.0. The number of hydrogen-bond donors (Lipinski definition) is 2. The van der Waals surface area contributed by atoms with Gasteiger partial charge in [0.15, 0.2) is 0 Å². The van der Waals surface area contributed by atoms with E-state index in [2.05, 4.69) is 92.1 Å². The number of likely N-dealkylation sites (N-methyl/N-ethyl adjacent to an activating group) is 1. The molecule has 0 saturated heterocycles. The highest BCUT2D eigenvalue weighted by Gasteiger charge is 2.23. The molecule has 3 unspecified atom stereocenters. The summed E-state index contributed by atoms with van der Waals surface area (Å²) in [5.74, 6) is -0.242. The van der Waals surface area contributed by atoms with Crippen molar-refractivity contribution in [2.75, 3.05) is 40.9 Å². The molecular weight excluding hydrogens is 792 g/mol. The van der Waals surface area contributed by atoms with Gasteiger partial charge in [-0.15, -0.1) is 0 Å². The Labute approximate surface area is 382 Å². The number of phosphoric ester groups is 1. The van der Waals surface area contributed by atoms with Crippen molar-refractivity contribution in [3.05, 3.63) is 85.1 Å². The van der Waals surface area contributed by atoms with E-state index in [-0.39, 0.29) is 18.9 Å². The van der Waals surface area contributed by atoms with Crippen molar-refractivity contribution in [2.45, 2.75) is 206 Å². The standard InChI is InChI=1S/C53H95N2O6P/c1-6-8-10-12-14-16-18-20-22-24-26-27-29-31-33-35-37-39-41-43-45-47-53(57)54-51(50-61-62(58,59)60-49-48-55(3,4)5)52(56)46-44-42-40-38-36-34-32-30-28-25-23-21-19-17-15-13-11-9-7-2/h8,10,14,16,20,22,26-27,31,33,37,39,44,46,51-52,56H,6-7,9,11-13,15,17-19,21,23-25,28-30,32,34-36,38,40-43,45,47-50H2,1-5H3,(H-,54,57,58,59)/b10-8-,16-14-,22-20-,27-26-,33-31-,39-37-,46-44+. The third-order valence-electron chi connectivity index (χ3n) is 10.6. The molecule has 0 aliphatic rings. The zero-order valence-electron chi connectivity index (χ0n) is 40.5. The Morgan fingerprint density at radius 1 is 0.581 bits per heavy atom. The van der Waals surface area contributed by atoms with E-state index in [9.17, 15) is 19.4 Å². The number of phosphoric acid groups is 1. The first-order valence-corrected chi connectivity index (χ1v) is 26.4. The molecule has 0 aromatic rings. The van der Waals surface area contributed by atoms with E-state index in [0.717, 1.165) is 70.6 Å². The van der Waals surface area contributed by atoms with Crippen LogP contribution in [0.5, 0.6) is 0 Å². The molecule has 358 valence electrons. The van der Waals surface area contributed by atoms with Crippen LogP contribution in [-0.2, 0) is 18.4 Å². The van der Waals surface area contributed by atoms with Crippen LogP contribution >= 0.6 is 7.82 Å². The second kappa shape index (κ2) is 43.9. The van der Waals surface area contributed by atoms with E-state index in [1.165, 1.54) is 96.3 Å². The number of aliphatic hydroxyl groups excluding tert-OH is 1. The van der Waals surface area contributed by atoms with Gasteiger partial charge in [0.2, 0.25) is 5.91 Å². The molecule has 0 aromatic carbocycles. The fourth-order valence-electron chi connectivity index (χ4n) is 6.68. The highest BCUT2D eigenvalue weighted by atomic mass is 31.2. The molecule has 0 radical (unpaired) electrons. The molecule has 9 heteroatoms. The summed E-state index contributed by atoms with van der Waals surface area (Å²) < 4.78 is 23.2. The van der Waals surface area contributed by atoms with Crippen molar-refractivity contribution in [3.8, 4) is 0 Å². The minimum absolute atomic E-state index is 0.0140. The predicted molar refractivity (Wildman–Crippen MR) is 265 cm³/mol. The van der Waals surface area contributed by atoms with Gasteiger partial charge in [-0.25, -0.2) is 0 Å². The van der Waals surface area contributed by atoms with E-state index in [1.807, 2.05) is 27.2 Å². The molecule has 8 nitrogen and oxygen atoms in total. The van der Waals surface area contributed by atoms with Crippen molar-refractivity contribution >= 4 is 13.7 Å². The van der Waals surface area contributed by atoms with E-state index >= 15 is 0 Å². The van der Waals surface area contributed by atoms with Crippen LogP contribution in [0, 0.1) is 0 Å². The Bertz CT molecular complexity index is 1280. The molecular formula is C53H95N2O6P. The summed E-state index contributed by atoms with van der Waals surface area (Å²) in [6, 6.07) is -0.915. The molecule has 0 bridgehead atoms. The first-order valence-electron chi connectivity index (χ1n) is 24.9. The van der Waals surface area contributed by atoms with Crippen LogP contribution in [0.4, 0.5) is 0 Å². The quantitative estimate of drug-likeness (QED) is 0.0273. The molecule has 0 fully saturated rings. The number of carbonyl (C=O) groups excluding carboxylic acids is 1. The maximum atomic E-state index is 12.9. The van der Waals surface area contributed by atoms with Gasteiger partial charge in [-0.3, -0.25) is 9.36 Å². The highest BCUT2D eigenvalue weighted by Crippen LogP contribution is 2.38. The van der Waals surface area contributed by atoms with Crippen LogP contribution in [0.1, 0.15) is 194 Å². The van der Waals surface area contributed by atoms with Gasteiger partial charge in [0.1, 0.15) is 13.2 Å². The van der Waals surface area contributed by atoms with Crippen LogP contribution < -0.4 is 10.2 Å². The number of allylic oxidation sites excluding steroid dienone is 13. The number of unbranched alkanes of at least 4 members (excludes halogenated alkanes) is 19.